The average Bonchev–Trinajstić information content (AvgIpc) is 3.51. The van der Waals surface area contributed by atoms with Crippen molar-refractivity contribution in [2.24, 2.45) is 13.0 Å². The minimum absolute atomic E-state index is 0.0641. The predicted octanol–water partition coefficient (Wildman–Crippen LogP) is 4.91. The molecule has 0 atom stereocenters. The van der Waals surface area contributed by atoms with Crippen molar-refractivity contribution in [1.82, 2.24) is 14.1 Å². The molecular weight excluding hydrogens is 362 g/mol. The first-order chi connectivity index (χ1) is 14.1. The number of hydrogen-bond donors (Lipinski definition) is 0. The van der Waals surface area contributed by atoms with Crippen LogP contribution in [0.4, 0.5) is 0 Å². The number of imidazole rings is 1. The van der Waals surface area contributed by atoms with Crippen LogP contribution >= 0.6 is 0 Å². The largest absolute Gasteiger partial charge is 0.457 e. The minimum atomic E-state index is 0.0641. The third-order valence-corrected chi connectivity index (χ3v) is 5.55. The molecule has 0 amide bonds. The van der Waals surface area contributed by atoms with E-state index in [2.05, 4.69) is 29.2 Å². The van der Waals surface area contributed by atoms with Gasteiger partial charge in [0.15, 0.2) is 0 Å². The minimum Gasteiger partial charge on any atom is -0.457 e. The van der Waals surface area contributed by atoms with E-state index in [-0.39, 0.29) is 5.69 Å². The first-order valence-electron chi connectivity index (χ1n) is 9.99. The van der Waals surface area contributed by atoms with Gasteiger partial charge in [-0.25, -0.2) is 4.79 Å². The second kappa shape index (κ2) is 6.92. The van der Waals surface area contributed by atoms with Crippen molar-refractivity contribution in [3.05, 3.63) is 77.0 Å². The molecule has 0 saturated heterocycles. The molecule has 2 aromatic carbocycles. The van der Waals surface area contributed by atoms with Crippen molar-refractivity contribution in [3.8, 4) is 22.6 Å². The fourth-order valence-electron chi connectivity index (χ4n) is 3.78. The molecule has 0 bridgehead atoms. The zero-order valence-corrected chi connectivity index (χ0v) is 16.6. The van der Waals surface area contributed by atoms with Crippen LogP contribution < -0.4 is 10.4 Å². The van der Waals surface area contributed by atoms with E-state index in [9.17, 15) is 4.79 Å². The van der Waals surface area contributed by atoms with Crippen molar-refractivity contribution < 1.29 is 4.74 Å². The third kappa shape index (κ3) is 3.44. The molecule has 1 saturated carbocycles. The monoisotopic (exact) mass is 385 g/mol. The molecule has 146 valence electrons. The number of fused-ring (bicyclic) bond motifs is 1. The molecular formula is C24H23N3O2. The normalized spacial score (nSPS) is 13.7. The number of hydrogen-bond acceptors (Lipinski definition) is 3. The summed E-state index contributed by atoms with van der Waals surface area (Å²) in [6.07, 6.45) is 4.20. The van der Waals surface area contributed by atoms with Crippen molar-refractivity contribution in [2.75, 3.05) is 0 Å². The SMILES string of the molecule is Cc1cc(Oc2cccc(-c3ccc4c(c3)n(C)c(=O)n4CC3CC3)c2)ccn1. The zero-order valence-electron chi connectivity index (χ0n) is 16.6. The Hall–Kier alpha value is -3.34. The Kier molecular flexibility index (Phi) is 4.23. The van der Waals surface area contributed by atoms with Crippen LogP contribution in [0.1, 0.15) is 18.5 Å². The molecule has 5 rings (SSSR count). The van der Waals surface area contributed by atoms with Crippen LogP contribution in [-0.4, -0.2) is 14.1 Å². The number of pyridine rings is 1. The number of aryl methyl sites for hydroxylation is 2. The molecule has 1 fully saturated rings. The van der Waals surface area contributed by atoms with Gasteiger partial charge >= 0.3 is 5.69 Å². The maximum absolute atomic E-state index is 12.7. The molecule has 0 spiro atoms. The fourth-order valence-corrected chi connectivity index (χ4v) is 3.78. The quantitative estimate of drug-likeness (QED) is 0.490. The summed E-state index contributed by atoms with van der Waals surface area (Å²) >= 11 is 0. The summed E-state index contributed by atoms with van der Waals surface area (Å²) in [5, 5.41) is 0. The molecule has 5 nitrogen and oxygen atoms in total. The van der Waals surface area contributed by atoms with Crippen LogP contribution in [0, 0.1) is 12.8 Å². The van der Waals surface area contributed by atoms with E-state index < -0.39 is 0 Å². The lowest BCUT2D eigenvalue weighted by Gasteiger charge is -2.09. The summed E-state index contributed by atoms with van der Waals surface area (Å²) in [7, 11) is 1.85. The molecule has 2 aromatic heterocycles. The fraction of sp³-hybridized carbons (Fsp3) is 0.250. The van der Waals surface area contributed by atoms with Crippen molar-refractivity contribution in [1.29, 1.82) is 0 Å². The van der Waals surface area contributed by atoms with Gasteiger partial charge in [-0.2, -0.15) is 0 Å². The van der Waals surface area contributed by atoms with E-state index in [4.69, 9.17) is 4.74 Å². The Morgan fingerprint density at radius 2 is 1.79 bits per heavy atom. The molecule has 0 unspecified atom stereocenters. The highest BCUT2D eigenvalue weighted by Crippen LogP contribution is 2.32. The highest BCUT2D eigenvalue weighted by atomic mass is 16.5. The van der Waals surface area contributed by atoms with Gasteiger partial charge in [0.1, 0.15) is 11.5 Å². The number of nitrogens with zero attached hydrogens (tertiary/aromatic N) is 3. The van der Waals surface area contributed by atoms with E-state index in [0.29, 0.717) is 5.92 Å². The van der Waals surface area contributed by atoms with Gasteiger partial charge in [0.25, 0.3) is 0 Å². The van der Waals surface area contributed by atoms with E-state index in [1.807, 2.05) is 48.9 Å². The van der Waals surface area contributed by atoms with Crippen molar-refractivity contribution in [2.45, 2.75) is 26.3 Å². The first kappa shape index (κ1) is 17.7. The summed E-state index contributed by atoms with van der Waals surface area (Å²) in [6, 6.07) is 18.0. The Morgan fingerprint density at radius 1 is 1.00 bits per heavy atom. The van der Waals surface area contributed by atoms with E-state index >= 15 is 0 Å². The molecule has 0 N–H and O–H groups in total. The summed E-state index contributed by atoms with van der Waals surface area (Å²) in [5.74, 6) is 2.20. The van der Waals surface area contributed by atoms with Gasteiger partial charge in [-0.05, 0) is 67.1 Å². The van der Waals surface area contributed by atoms with E-state index in [1.54, 1.807) is 10.8 Å². The number of ether oxygens (including phenoxy) is 1. The summed E-state index contributed by atoms with van der Waals surface area (Å²) in [6.45, 7) is 2.77. The number of aromatic nitrogens is 3. The van der Waals surface area contributed by atoms with Crippen LogP contribution in [0.2, 0.25) is 0 Å². The second-order valence-electron chi connectivity index (χ2n) is 7.86. The third-order valence-electron chi connectivity index (χ3n) is 5.55. The maximum atomic E-state index is 12.7. The van der Waals surface area contributed by atoms with Gasteiger partial charge in [0, 0.05) is 31.5 Å². The standard InChI is InChI=1S/C24H23N3O2/c1-16-12-21(10-11-25-16)29-20-5-3-4-18(13-20)19-8-9-22-23(14-19)26(2)24(28)27(22)15-17-6-7-17/h3-5,8-14,17H,6-7,15H2,1-2H3. The molecule has 1 aliphatic rings. The van der Waals surface area contributed by atoms with Crippen LogP contribution in [0.5, 0.6) is 11.5 Å². The Balaban J connectivity index is 1.50. The van der Waals surface area contributed by atoms with Crippen LogP contribution in [0.3, 0.4) is 0 Å². The Morgan fingerprint density at radius 3 is 2.59 bits per heavy atom. The zero-order chi connectivity index (χ0) is 20.0. The highest BCUT2D eigenvalue weighted by Gasteiger charge is 2.24. The lowest BCUT2D eigenvalue weighted by atomic mass is 10.0. The van der Waals surface area contributed by atoms with Crippen molar-refractivity contribution >= 4 is 11.0 Å². The highest BCUT2D eigenvalue weighted by molar-refractivity contribution is 5.83. The van der Waals surface area contributed by atoms with Gasteiger partial charge in [-0.3, -0.25) is 14.1 Å². The van der Waals surface area contributed by atoms with Gasteiger partial charge in [-0.1, -0.05) is 18.2 Å². The molecule has 5 heteroatoms. The lowest BCUT2D eigenvalue weighted by Crippen LogP contribution is -2.22. The topological polar surface area (TPSA) is 49.0 Å². The Labute approximate surface area is 169 Å². The van der Waals surface area contributed by atoms with Gasteiger partial charge in [0.2, 0.25) is 0 Å². The van der Waals surface area contributed by atoms with Crippen LogP contribution in [0.25, 0.3) is 22.2 Å². The number of rotatable bonds is 5. The molecule has 0 radical (unpaired) electrons. The van der Waals surface area contributed by atoms with Crippen LogP contribution in [-0.2, 0) is 13.6 Å². The molecule has 4 aromatic rings. The summed E-state index contributed by atoms with van der Waals surface area (Å²) in [5.41, 5.74) is 5.07. The first-order valence-corrected chi connectivity index (χ1v) is 9.99. The smallest absolute Gasteiger partial charge is 0.328 e. The Bertz CT molecular complexity index is 1260. The van der Waals surface area contributed by atoms with Crippen molar-refractivity contribution in [3.63, 3.8) is 0 Å². The second-order valence-corrected chi connectivity index (χ2v) is 7.86. The van der Waals surface area contributed by atoms with E-state index in [0.717, 1.165) is 45.9 Å². The van der Waals surface area contributed by atoms with E-state index in [1.165, 1.54) is 12.8 Å². The van der Waals surface area contributed by atoms with Crippen LogP contribution in [0.15, 0.2) is 65.6 Å². The van der Waals surface area contributed by atoms with Gasteiger partial charge in [-0.15, -0.1) is 0 Å². The molecule has 2 heterocycles. The van der Waals surface area contributed by atoms with Gasteiger partial charge < -0.3 is 4.74 Å². The number of benzene rings is 2. The average molecular weight is 385 g/mol. The van der Waals surface area contributed by atoms with Gasteiger partial charge in [0.05, 0.1) is 11.0 Å². The lowest BCUT2D eigenvalue weighted by molar-refractivity contribution is 0.481. The summed E-state index contributed by atoms with van der Waals surface area (Å²) < 4.78 is 9.68. The molecule has 1 aliphatic carbocycles. The maximum Gasteiger partial charge on any atom is 0.328 e. The molecule has 29 heavy (non-hydrogen) atoms. The predicted molar refractivity (Wildman–Crippen MR) is 114 cm³/mol. The summed E-state index contributed by atoms with van der Waals surface area (Å²) in [4.78, 5) is 16.9. The molecule has 0 aliphatic heterocycles.